The fourth-order valence-corrected chi connectivity index (χ4v) is 8.73. The molecule has 0 aliphatic heterocycles. The summed E-state index contributed by atoms with van der Waals surface area (Å²) in [6.45, 7) is 0. The van der Waals surface area contributed by atoms with Gasteiger partial charge >= 0.3 is 0 Å². The summed E-state index contributed by atoms with van der Waals surface area (Å²) in [5.74, 6) is -0.839. The lowest BCUT2D eigenvalue weighted by Gasteiger charge is -2.29. The highest BCUT2D eigenvalue weighted by atomic mass is 35.7. The predicted molar refractivity (Wildman–Crippen MR) is 140 cm³/mol. The van der Waals surface area contributed by atoms with E-state index in [1.54, 1.807) is 0 Å². The summed E-state index contributed by atoms with van der Waals surface area (Å²) in [6.07, 6.45) is 0. The van der Waals surface area contributed by atoms with E-state index >= 15 is 0 Å². The first-order valence-electron chi connectivity index (χ1n) is 10.9. The molecule has 0 saturated heterocycles. The van der Waals surface area contributed by atoms with E-state index in [-0.39, 0.29) is 4.49 Å². The van der Waals surface area contributed by atoms with Crippen LogP contribution in [0.1, 0.15) is 10.4 Å². The Morgan fingerprint density at radius 2 is 1.05 bits per heavy atom. The Balaban J connectivity index is 0.000000732. The smallest absolute Gasteiger partial charge is 0.258 e. The van der Waals surface area contributed by atoms with Gasteiger partial charge in [-0.1, -0.05) is 77.8 Å². The van der Waals surface area contributed by atoms with Crippen LogP contribution in [0.2, 0.25) is 0 Å². The van der Waals surface area contributed by atoms with Crippen LogP contribution in [0.4, 0.5) is 4.39 Å². The molecule has 0 spiro atoms. The van der Waals surface area contributed by atoms with Gasteiger partial charge in [0.05, 0.1) is 14.9 Å². The van der Waals surface area contributed by atoms with Crippen molar-refractivity contribution >= 4 is 52.3 Å². The van der Waals surface area contributed by atoms with E-state index in [9.17, 15) is 9.18 Å². The maximum atomic E-state index is 13.4. The van der Waals surface area contributed by atoms with Crippen molar-refractivity contribution in [3.63, 3.8) is 0 Å². The number of hydrogen-bond acceptors (Lipinski definition) is 5. The van der Waals surface area contributed by atoms with E-state index in [2.05, 4.69) is 5.32 Å². The molecule has 4 aromatic rings. The molecule has 0 radical (unpaired) electrons. The Morgan fingerprint density at radius 1 is 0.711 bits per heavy atom. The van der Waals surface area contributed by atoms with Gasteiger partial charge in [-0.2, -0.15) is 14.0 Å². The molecule has 0 atom stereocenters. The Bertz CT molecular complexity index is 1260. The third kappa shape index (κ3) is 7.60. The summed E-state index contributed by atoms with van der Waals surface area (Å²) >= 11 is 13.1. The number of benzene rings is 4. The molecule has 0 fully saturated rings. The minimum Gasteiger partial charge on any atom is -0.290 e. The number of amides is 1. The highest BCUT2D eigenvalue weighted by Crippen LogP contribution is 2.63. The Kier molecular flexibility index (Phi) is 10.4. The zero-order valence-electron chi connectivity index (χ0n) is 19.5. The van der Waals surface area contributed by atoms with Crippen molar-refractivity contribution in [1.82, 2.24) is 5.32 Å². The molecule has 0 saturated carbocycles. The number of rotatable bonds is 6. The van der Waals surface area contributed by atoms with Gasteiger partial charge < -0.3 is 0 Å². The molecular weight excluding hydrogens is 575 g/mol. The number of nitrogens with one attached hydrogen (secondary N) is 1. The van der Waals surface area contributed by atoms with E-state index in [4.69, 9.17) is 41.8 Å². The topological polar surface area (TPSA) is 119 Å². The van der Waals surface area contributed by atoms with E-state index in [1.165, 1.54) is 24.3 Å². The summed E-state index contributed by atoms with van der Waals surface area (Å²) in [7, 11) is -7.39. The molecule has 1 amide bonds. The lowest BCUT2D eigenvalue weighted by atomic mass is 10.2. The van der Waals surface area contributed by atoms with Gasteiger partial charge in [0.1, 0.15) is 21.7 Å². The number of carbonyl (C=O) groups excluding carboxylic acids is 1. The minimum absolute atomic E-state index is 0.0321. The molecule has 0 aliphatic carbocycles. The quantitative estimate of drug-likeness (QED) is 0.331. The first-order valence-corrected chi connectivity index (χ1v) is 14.7. The summed E-state index contributed by atoms with van der Waals surface area (Å²) in [5.41, 5.74) is 0.722. The second kappa shape index (κ2) is 13.3. The molecule has 0 aliphatic rings. The van der Waals surface area contributed by atoms with Crippen molar-refractivity contribution in [2.45, 2.75) is 0 Å². The summed E-state index contributed by atoms with van der Waals surface area (Å²) < 4.78 is 46.1. The van der Waals surface area contributed by atoms with Crippen LogP contribution in [0.3, 0.4) is 0 Å². The maximum Gasteiger partial charge on any atom is 0.258 e. The lowest BCUT2D eigenvalue weighted by molar-refractivity contribution is -1.92. The van der Waals surface area contributed by atoms with Gasteiger partial charge in [-0.25, -0.2) is 4.39 Å². The molecule has 0 unspecified atom stereocenters. The minimum atomic E-state index is -4.69. The molecule has 11 heteroatoms. The number of hydrogen-bond donors (Lipinski definition) is 2. The second-order valence-corrected chi connectivity index (χ2v) is 12.7. The lowest BCUT2D eigenvalue weighted by Crippen LogP contribution is -2.58. The monoisotopic (exact) mass is 594 g/mol. The zero-order chi connectivity index (χ0) is 27.8. The normalized spacial score (nSPS) is 11.1. The van der Waals surface area contributed by atoms with Crippen LogP contribution in [0.15, 0.2) is 125 Å². The van der Waals surface area contributed by atoms with E-state index < -0.39 is 29.2 Å². The largest absolute Gasteiger partial charge is 0.290 e. The molecule has 0 heterocycles. The molecule has 0 aromatic heterocycles. The zero-order valence-corrected chi connectivity index (χ0v) is 22.7. The summed E-state index contributed by atoms with van der Waals surface area (Å²) in [4.78, 5) is 13.2. The van der Waals surface area contributed by atoms with Gasteiger partial charge in [0.15, 0.2) is 11.8 Å². The van der Waals surface area contributed by atoms with Crippen LogP contribution < -0.4 is 35.2 Å². The highest BCUT2D eigenvalue weighted by molar-refractivity contribution is 7.99. The van der Waals surface area contributed by atoms with Gasteiger partial charge in [0, 0.05) is 5.56 Å². The molecule has 38 heavy (non-hydrogen) atoms. The van der Waals surface area contributed by atoms with Gasteiger partial charge in [-0.05, 0) is 60.7 Å². The highest BCUT2D eigenvalue weighted by Gasteiger charge is 2.52. The first kappa shape index (κ1) is 29.7. The van der Waals surface area contributed by atoms with E-state index in [0.717, 1.165) is 15.9 Å². The first-order chi connectivity index (χ1) is 18.0. The van der Waals surface area contributed by atoms with E-state index in [1.807, 2.05) is 91.0 Å². The van der Waals surface area contributed by atoms with Crippen molar-refractivity contribution in [3.05, 3.63) is 137 Å². The predicted octanol–water partition coefficient (Wildman–Crippen LogP) is 2.03. The number of halogens is 4. The Labute approximate surface area is 231 Å². The van der Waals surface area contributed by atoms with Crippen LogP contribution >= 0.6 is 30.5 Å². The van der Waals surface area contributed by atoms with Crippen LogP contribution in [0.5, 0.6) is 0 Å². The molecule has 2 N–H and O–H groups in total. The Hall–Kier alpha value is -2.84. The SMILES string of the molecule is O=C(NC(=C(Cl)Cl)[P+](c1ccccc1)(c1ccccc1)c1ccccc1)c1ccc(F)cc1.[O-][Cl+3]([O-])([O-])O. The average Bonchev–Trinajstić information content (AvgIpc) is 2.90. The van der Waals surface area contributed by atoms with Crippen LogP contribution in [-0.4, -0.2) is 10.6 Å². The molecule has 4 aromatic carbocycles. The van der Waals surface area contributed by atoms with Gasteiger partial charge in [0.2, 0.25) is 5.44 Å². The third-order valence-electron chi connectivity index (χ3n) is 5.28. The fraction of sp³-hybridized carbons (Fsp3) is 0. The molecule has 0 bridgehead atoms. The molecular formula is C27H21Cl3FNO5P+. The van der Waals surface area contributed by atoms with Crippen molar-refractivity contribution in [2.24, 2.45) is 0 Å². The third-order valence-corrected chi connectivity index (χ3v) is 10.1. The van der Waals surface area contributed by atoms with Gasteiger partial charge in [0.25, 0.3) is 5.91 Å². The Morgan fingerprint density at radius 3 is 1.37 bits per heavy atom. The maximum absolute atomic E-state index is 13.4. The van der Waals surface area contributed by atoms with Crippen molar-refractivity contribution < 1.29 is 38.1 Å². The van der Waals surface area contributed by atoms with Crippen LogP contribution in [-0.2, 0) is 0 Å². The van der Waals surface area contributed by atoms with E-state index in [0.29, 0.717) is 11.0 Å². The van der Waals surface area contributed by atoms with Crippen molar-refractivity contribution in [3.8, 4) is 0 Å². The fourth-order valence-electron chi connectivity index (χ4n) is 3.83. The molecule has 6 nitrogen and oxygen atoms in total. The second-order valence-electron chi connectivity index (χ2n) is 7.64. The molecule has 196 valence electrons. The molecule has 4 rings (SSSR count). The average molecular weight is 596 g/mol. The number of carbonyl (C=O) groups is 1. The van der Waals surface area contributed by atoms with Gasteiger partial charge in [-0.15, -0.1) is 0 Å². The van der Waals surface area contributed by atoms with Gasteiger partial charge in [-0.3, -0.25) is 10.1 Å². The van der Waals surface area contributed by atoms with Crippen molar-refractivity contribution in [1.29, 1.82) is 0 Å². The standard InChI is InChI=1S/C27H19Cl2FNOP.ClHO4/c28-25(29)27(31-26(32)20-16-18-21(30)19-17-20)33(22-10-4-1-5-11-22,23-12-6-2-7-13-23)24-14-8-3-9-15-24;2-1(3,4)5/h1-19H;(H,2,3,4,5)/p+1. The van der Waals surface area contributed by atoms with Crippen molar-refractivity contribution in [2.75, 3.05) is 0 Å². The van der Waals surface area contributed by atoms with Crippen LogP contribution in [0, 0.1) is 16.1 Å². The van der Waals surface area contributed by atoms with Crippen LogP contribution in [0.25, 0.3) is 0 Å². The summed E-state index contributed by atoms with van der Waals surface area (Å²) in [6, 6.07) is 35.0. The summed E-state index contributed by atoms with van der Waals surface area (Å²) in [5, 5.41) is 5.94.